The summed E-state index contributed by atoms with van der Waals surface area (Å²) in [4.78, 5) is 27.6. The number of benzene rings is 2. The normalized spacial score (nSPS) is 14.3. The lowest BCUT2D eigenvalue weighted by Gasteiger charge is -2.15. The van der Waals surface area contributed by atoms with Gasteiger partial charge in [-0.05, 0) is 54.1 Å². The molecule has 2 amide bonds. The number of imide groups is 1. The third kappa shape index (κ3) is 3.48. The monoisotopic (exact) mass is 413 g/mol. The largest absolute Gasteiger partial charge is 0.468 e. The van der Waals surface area contributed by atoms with Crippen LogP contribution in [0, 0.1) is 5.82 Å². The van der Waals surface area contributed by atoms with E-state index in [1.165, 1.54) is 36.0 Å². The standard InChI is InChI=1S/C21H13ClFNO3S/c22-14-5-9-16(10-6-14)24-20(25)18(13-3-7-15(23)8-4-13)19(21(24)26)28-12-17-2-1-11-27-17/h1-11H,12H2. The lowest BCUT2D eigenvalue weighted by atomic mass is 10.1. The zero-order valence-corrected chi connectivity index (χ0v) is 16.0. The first-order valence-corrected chi connectivity index (χ1v) is 9.70. The number of nitrogens with zero attached hydrogens (tertiary/aromatic N) is 1. The van der Waals surface area contributed by atoms with E-state index in [0.717, 1.165) is 4.90 Å². The van der Waals surface area contributed by atoms with E-state index in [0.29, 0.717) is 32.7 Å². The first kappa shape index (κ1) is 18.5. The van der Waals surface area contributed by atoms with Crippen LogP contribution in [0.4, 0.5) is 10.1 Å². The lowest BCUT2D eigenvalue weighted by molar-refractivity contribution is -0.119. The van der Waals surface area contributed by atoms with E-state index in [4.69, 9.17) is 16.0 Å². The van der Waals surface area contributed by atoms with Gasteiger partial charge in [-0.2, -0.15) is 0 Å². The van der Waals surface area contributed by atoms with Gasteiger partial charge in [0.2, 0.25) is 0 Å². The third-order valence-corrected chi connectivity index (χ3v) is 5.55. The molecule has 140 valence electrons. The number of anilines is 1. The molecule has 0 spiro atoms. The van der Waals surface area contributed by atoms with Crippen LogP contribution in [0.15, 0.2) is 76.2 Å². The number of rotatable bonds is 5. The van der Waals surface area contributed by atoms with Crippen molar-refractivity contribution in [1.29, 1.82) is 0 Å². The number of thioether (sulfide) groups is 1. The highest BCUT2D eigenvalue weighted by atomic mass is 35.5. The predicted octanol–water partition coefficient (Wildman–Crippen LogP) is 5.29. The van der Waals surface area contributed by atoms with Gasteiger partial charge in [0.25, 0.3) is 11.8 Å². The first-order chi connectivity index (χ1) is 13.5. The second kappa shape index (κ2) is 7.66. The van der Waals surface area contributed by atoms with Gasteiger partial charge >= 0.3 is 0 Å². The van der Waals surface area contributed by atoms with E-state index < -0.39 is 17.6 Å². The van der Waals surface area contributed by atoms with Crippen LogP contribution < -0.4 is 4.90 Å². The van der Waals surface area contributed by atoms with Crippen molar-refractivity contribution in [3.63, 3.8) is 0 Å². The van der Waals surface area contributed by atoms with Gasteiger partial charge in [-0.1, -0.05) is 23.7 Å². The maximum Gasteiger partial charge on any atom is 0.272 e. The van der Waals surface area contributed by atoms with E-state index >= 15 is 0 Å². The molecule has 1 aromatic heterocycles. The van der Waals surface area contributed by atoms with Crippen molar-refractivity contribution in [3.05, 3.63) is 94.0 Å². The minimum absolute atomic E-state index is 0.247. The Bertz CT molecular complexity index is 1060. The molecule has 0 saturated carbocycles. The van der Waals surface area contributed by atoms with Gasteiger partial charge in [0.1, 0.15) is 11.6 Å². The van der Waals surface area contributed by atoms with Crippen molar-refractivity contribution < 1.29 is 18.4 Å². The number of hydrogen-bond acceptors (Lipinski definition) is 4. The van der Waals surface area contributed by atoms with E-state index in [2.05, 4.69) is 0 Å². The second-order valence-electron chi connectivity index (χ2n) is 6.00. The molecular weight excluding hydrogens is 401 g/mol. The summed E-state index contributed by atoms with van der Waals surface area (Å²) >= 11 is 7.13. The zero-order valence-electron chi connectivity index (χ0n) is 14.4. The van der Waals surface area contributed by atoms with E-state index in [1.54, 1.807) is 42.7 Å². The van der Waals surface area contributed by atoms with Crippen molar-refractivity contribution in [2.45, 2.75) is 5.75 Å². The smallest absolute Gasteiger partial charge is 0.272 e. The topological polar surface area (TPSA) is 50.5 Å². The van der Waals surface area contributed by atoms with Crippen molar-refractivity contribution in [2.24, 2.45) is 0 Å². The fourth-order valence-electron chi connectivity index (χ4n) is 2.88. The van der Waals surface area contributed by atoms with Crippen LogP contribution in [0.5, 0.6) is 0 Å². The van der Waals surface area contributed by atoms with Crippen molar-refractivity contribution in [2.75, 3.05) is 4.90 Å². The SMILES string of the molecule is O=C1C(SCc2ccco2)=C(c2ccc(F)cc2)C(=O)N1c1ccc(Cl)cc1. The molecule has 0 atom stereocenters. The summed E-state index contributed by atoms with van der Waals surface area (Å²) in [5, 5.41) is 0.502. The number of hydrogen-bond donors (Lipinski definition) is 0. The quantitative estimate of drug-likeness (QED) is 0.533. The van der Waals surface area contributed by atoms with Gasteiger partial charge in [0.15, 0.2) is 0 Å². The minimum atomic E-state index is -0.458. The number of furan rings is 1. The van der Waals surface area contributed by atoms with E-state index in [-0.39, 0.29) is 5.57 Å². The molecule has 0 N–H and O–H groups in total. The average Bonchev–Trinajstić information content (AvgIpc) is 3.28. The summed E-state index contributed by atoms with van der Waals surface area (Å²) in [5.74, 6) is -0.230. The molecule has 4 nitrogen and oxygen atoms in total. The Hall–Kier alpha value is -2.83. The van der Waals surface area contributed by atoms with Crippen LogP contribution in [0.25, 0.3) is 5.57 Å². The Balaban J connectivity index is 1.74. The van der Waals surface area contributed by atoms with Crippen LogP contribution in [0.3, 0.4) is 0 Å². The maximum atomic E-state index is 13.3. The summed E-state index contributed by atoms with van der Waals surface area (Å²) < 4.78 is 18.7. The van der Waals surface area contributed by atoms with Crippen LogP contribution in [-0.4, -0.2) is 11.8 Å². The number of amides is 2. The number of carbonyl (C=O) groups is 2. The summed E-state index contributed by atoms with van der Waals surface area (Å²) in [6.07, 6.45) is 1.55. The zero-order chi connectivity index (χ0) is 19.7. The van der Waals surface area contributed by atoms with Gasteiger partial charge < -0.3 is 4.42 Å². The van der Waals surface area contributed by atoms with Crippen LogP contribution >= 0.6 is 23.4 Å². The molecule has 0 fully saturated rings. The highest BCUT2D eigenvalue weighted by molar-refractivity contribution is 8.03. The molecule has 2 aromatic carbocycles. The minimum Gasteiger partial charge on any atom is -0.468 e. The Morgan fingerprint density at radius 2 is 1.68 bits per heavy atom. The first-order valence-electron chi connectivity index (χ1n) is 8.34. The molecule has 7 heteroatoms. The molecule has 2 heterocycles. The maximum absolute atomic E-state index is 13.3. The predicted molar refractivity (Wildman–Crippen MR) is 107 cm³/mol. The van der Waals surface area contributed by atoms with Gasteiger partial charge in [-0.25, -0.2) is 9.29 Å². The van der Waals surface area contributed by atoms with Crippen molar-refractivity contribution in [1.82, 2.24) is 0 Å². The molecule has 0 aliphatic carbocycles. The highest BCUT2D eigenvalue weighted by Crippen LogP contribution is 2.39. The Morgan fingerprint density at radius 3 is 2.32 bits per heavy atom. The Labute approximate surface area is 169 Å². The summed E-state index contributed by atoms with van der Waals surface area (Å²) in [5.41, 5.74) is 1.15. The highest BCUT2D eigenvalue weighted by Gasteiger charge is 2.40. The fraction of sp³-hybridized carbons (Fsp3) is 0.0476. The third-order valence-electron chi connectivity index (χ3n) is 4.20. The fourth-order valence-corrected chi connectivity index (χ4v) is 4.02. The summed E-state index contributed by atoms with van der Waals surface area (Å²) in [6.45, 7) is 0. The molecule has 0 unspecified atom stereocenters. The molecule has 0 radical (unpaired) electrons. The molecule has 1 aliphatic heterocycles. The molecule has 0 bridgehead atoms. The van der Waals surface area contributed by atoms with Gasteiger partial charge in [-0.15, -0.1) is 11.8 Å². The van der Waals surface area contributed by atoms with E-state index in [1.807, 2.05) is 0 Å². The van der Waals surface area contributed by atoms with Crippen molar-refractivity contribution >= 4 is 46.4 Å². The lowest BCUT2D eigenvalue weighted by Crippen LogP contribution is -2.31. The van der Waals surface area contributed by atoms with Crippen LogP contribution in [0.2, 0.25) is 5.02 Å². The van der Waals surface area contributed by atoms with Crippen LogP contribution in [-0.2, 0) is 15.3 Å². The average molecular weight is 414 g/mol. The number of carbonyl (C=O) groups excluding carboxylic acids is 2. The van der Waals surface area contributed by atoms with Gasteiger partial charge in [-0.3, -0.25) is 9.59 Å². The van der Waals surface area contributed by atoms with Crippen LogP contribution in [0.1, 0.15) is 11.3 Å². The van der Waals surface area contributed by atoms with Crippen molar-refractivity contribution in [3.8, 4) is 0 Å². The summed E-state index contributed by atoms with van der Waals surface area (Å²) in [6, 6.07) is 15.5. The number of halogens is 2. The molecule has 0 saturated heterocycles. The van der Waals surface area contributed by atoms with E-state index in [9.17, 15) is 14.0 Å². The summed E-state index contributed by atoms with van der Waals surface area (Å²) in [7, 11) is 0. The Morgan fingerprint density at radius 1 is 0.964 bits per heavy atom. The Kier molecular flexibility index (Phi) is 5.07. The second-order valence-corrected chi connectivity index (χ2v) is 7.42. The molecular formula is C21H13ClFNO3S. The molecule has 28 heavy (non-hydrogen) atoms. The van der Waals surface area contributed by atoms with Gasteiger partial charge in [0, 0.05) is 5.02 Å². The molecule has 3 aromatic rings. The van der Waals surface area contributed by atoms with Gasteiger partial charge in [0.05, 0.1) is 28.2 Å². The molecule has 4 rings (SSSR count). The molecule has 1 aliphatic rings.